The molecule has 1 unspecified atom stereocenters. The van der Waals surface area contributed by atoms with Crippen LogP contribution in [0.5, 0.6) is 0 Å². The Bertz CT molecular complexity index is 757. The zero-order chi connectivity index (χ0) is 16.6. The largest absolute Gasteiger partial charge is 0.472 e. The van der Waals surface area contributed by atoms with Gasteiger partial charge >= 0.3 is 7.82 Å². The van der Waals surface area contributed by atoms with Gasteiger partial charge in [0.1, 0.15) is 25.2 Å². The SMILES string of the molecule is C[C@@H]1OP(=O)(O)OC[C@H]1O[C@H](CF)c1cnc2c(N)ncnn12. The maximum atomic E-state index is 13.5. The van der Waals surface area contributed by atoms with Crippen LogP contribution in [0.25, 0.3) is 5.65 Å². The lowest BCUT2D eigenvalue weighted by Crippen LogP contribution is -2.38. The average Bonchev–Trinajstić information content (AvgIpc) is 2.91. The first-order valence-electron chi connectivity index (χ1n) is 6.72. The van der Waals surface area contributed by atoms with Crippen molar-refractivity contribution < 1.29 is 27.6 Å². The van der Waals surface area contributed by atoms with Gasteiger partial charge in [-0.1, -0.05) is 0 Å². The molecule has 0 aliphatic carbocycles. The predicted molar refractivity (Wildman–Crippen MR) is 75.1 cm³/mol. The number of nitrogens with zero attached hydrogens (tertiary/aromatic N) is 4. The number of hydrogen-bond acceptors (Lipinski definition) is 8. The third-order valence-corrected chi connectivity index (χ3v) is 4.47. The van der Waals surface area contributed by atoms with Crippen LogP contribution in [-0.2, 0) is 18.3 Å². The normalized spacial score (nSPS) is 29.7. The minimum Gasteiger partial charge on any atom is -0.381 e. The van der Waals surface area contributed by atoms with Crippen molar-refractivity contribution in [2.75, 3.05) is 19.0 Å². The summed E-state index contributed by atoms with van der Waals surface area (Å²) in [7, 11) is -4.07. The van der Waals surface area contributed by atoms with Gasteiger partial charge in [-0.15, -0.1) is 0 Å². The smallest absolute Gasteiger partial charge is 0.381 e. The van der Waals surface area contributed by atoms with Crippen LogP contribution in [0.4, 0.5) is 10.2 Å². The van der Waals surface area contributed by atoms with Crippen molar-refractivity contribution in [3.63, 3.8) is 0 Å². The summed E-state index contributed by atoms with van der Waals surface area (Å²) >= 11 is 0. The molecule has 12 heteroatoms. The molecule has 0 aromatic carbocycles. The second kappa shape index (κ2) is 6.10. The van der Waals surface area contributed by atoms with Gasteiger partial charge < -0.3 is 15.4 Å². The van der Waals surface area contributed by atoms with E-state index < -0.39 is 32.8 Å². The van der Waals surface area contributed by atoms with Gasteiger partial charge in [-0.05, 0) is 6.92 Å². The molecule has 1 aliphatic rings. The fourth-order valence-electron chi connectivity index (χ4n) is 2.23. The van der Waals surface area contributed by atoms with Crippen LogP contribution in [0.3, 0.4) is 0 Å². The van der Waals surface area contributed by atoms with Crippen molar-refractivity contribution in [3.8, 4) is 0 Å². The van der Waals surface area contributed by atoms with Gasteiger partial charge in [0.25, 0.3) is 0 Å². The zero-order valence-electron chi connectivity index (χ0n) is 12.1. The second-order valence-electron chi connectivity index (χ2n) is 4.96. The molecule has 0 bridgehead atoms. The number of fused-ring (bicyclic) bond motifs is 1. The van der Waals surface area contributed by atoms with Gasteiger partial charge in [0.15, 0.2) is 11.5 Å². The first-order valence-corrected chi connectivity index (χ1v) is 8.22. The number of phosphoric ester groups is 1. The molecular weight excluding hydrogens is 332 g/mol. The Morgan fingerprint density at radius 1 is 1.65 bits per heavy atom. The summed E-state index contributed by atoms with van der Waals surface area (Å²) in [5.41, 5.74) is 6.30. The van der Waals surface area contributed by atoms with Crippen LogP contribution in [0.1, 0.15) is 18.7 Å². The molecule has 0 amide bonds. The van der Waals surface area contributed by atoms with E-state index in [1.54, 1.807) is 6.92 Å². The van der Waals surface area contributed by atoms with Crippen LogP contribution in [0.15, 0.2) is 12.5 Å². The topological polar surface area (TPSA) is 134 Å². The van der Waals surface area contributed by atoms with Crippen LogP contribution < -0.4 is 5.73 Å². The van der Waals surface area contributed by atoms with E-state index in [0.29, 0.717) is 5.69 Å². The van der Waals surface area contributed by atoms with Crippen molar-refractivity contribution in [2.24, 2.45) is 0 Å². The van der Waals surface area contributed by atoms with Gasteiger partial charge in [-0.3, -0.25) is 9.05 Å². The molecule has 10 nitrogen and oxygen atoms in total. The van der Waals surface area contributed by atoms with E-state index >= 15 is 0 Å². The number of hydrogen-bond donors (Lipinski definition) is 2. The lowest BCUT2D eigenvalue weighted by molar-refractivity contribution is -0.120. The Morgan fingerprint density at radius 3 is 3.13 bits per heavy atom. The highest BCUT2D eigenvalue weighted by Crippen LogP contribution is 2.48. The number of imidazole rings is 1. The van der Waals surface area contributed by atoms with Crippen molar-refractivity contribution >= 4 is 19.3 Å². The Kier molecular flexibility index (Phi) is 4.30. The molecule has 126 valence electrons. The molecular formula is C11H15FN5O5P. The Labute approximate surface area is 130 Å². The van der Waals surface area contributed by atoms with Crippen LogP contribution >= 0.6 is 7.82 Å². The minimum atomic E-state index is -4.07. The van der Waals surface area contributed by atoms with E-state index in [-0.39, 0.29) is 18.1 Å². The molecule has 23 heavy (non-hydrogen) atoms. The number of anilines is 1. The number of phosphoric acid groups is 1. The standard InChI is InChI=1S/C11H15FN5O5P/c1-6-9(4-20-23(18,19)22-6)21-8(2-12)7-3-14-11-10(13)15-5-16-17(7)11/h3,5-6,8-9H,2,4H2,1H3,(H,18,19)(H2,13,15,16)/t6-,8+,9+/m0/s1. The summed E-state index contributed by atoms with van der Waals surface area (Å²) < 4.78 is 41.3. The van der Waals surface area contributed by atoms with Gasteiger partial charge in [0.05, 0.1) is 24.6 Å². The van der Waals surface area contributed by atoms with E-state index in [9.17, 15) is 13.8 Å². The average molecular weight is 347 g/mol. The minimum absolute atomic E-state index is 0.155. The summed E-state index contributed by atoms with van der Waals surface area (Å²) in [4.78, 5) is 17.1. The van der Waals surface area contributed by atoms with Gasteiger partial charge in [-0.2, -0.15) is 5.10 Å². The molecule has 0 radical (unpaired) electrons. The molecule has 4 atom stereocenters. The highest BCUT2D eigenvalue weighted by Gasteiger charge is 2.38. The molecule has 3 heterocycles. The second-order valence-corrected chi connectivity index (χ2v) is 6.36. The Morgan fingerprint density at radius 2 is 2.43 bits per heavy atom. The van der Waals surface area contributed by atoms with Crippen molar-refractivity contribution in [1.29, 1.82) is 0 Å². The molecule has 3 N–H and O–H groups in total. The fraction of sp³-hybridized carbons (Fsp3) is 0.545. The molecule has 2 aromatic rings. The van der Waals surface area contributed by atoms with Crippen LogP contribution in [-0.4, -0.2) is 50.0 Å². The monoisotopic (exact) mass is 347 g/mol. The number of alkyl halides is 1. The maximum Gasteiger partial charge on any atom is 0.472 e. The molecule has 1 fully saturated rings. The third-order valence-electron chi connectivity index (χ3n) is 3.39. The number of ether oxygens (including phenoxy) is 1. The first-order chi connectivity index (χ1) is 10.9. The lowest BCUT2D eigenvalue weighted by atomic mass is 10.2. The number of halogens is 1. The predicted octanol–water partition coefficient (Wildman–Crippen LogP) is 0.638. The summed E-state index contributed by atoms with van der Waals surface area (Å²) in [5, 5.41) is 3.98. The molecule has 2 aromatic heterocycles. The number of nitrogens with two attached hydrogens (primary N) is 1. The quantitative estimate of drug-likeness (QED) is 0.764. The molecule has 0 saturated carbocycles. The molecule has 3 rings (SSSR count). The third kappa shape index (κ3) is 3.19. The summed E-state index contributed by atoms with van der Waals surface area (Å²) in [6, 6.07) is 0. The highest BCUT2D eigenvalue weighted by molar-refractivity contribution is 7.47. The van der Waals surface area contributed by atoms with E-state index in [4.69, 9.17) is 19.5 Å². The fourth-order valence-corrected chi connectivity index (χ4v) is 3.18. The van der Waals surface area contributed by atoms with Gasteiger partial charge in [0.2, 0.25) is 0 Å². The van der Waals surface area contributed by atoms with E-state index in [1.165, 1.54) is 17.0 Å². The molecule has 1 aliphatic heterocycles. The van der Waals surface area contributed by atoms with Crippen molar-refractivity contribution in [1.82, 2.24) is 19.6 Å². The molecule has 1 saturated heterocycles. The Balaban J connectivity index is 1.82. The number of nitrogen functional groups attached to an aromatic ring is 1. The van der Waals surface area contributed by atoms with Crippen molar-refractivity contribution in [2.45, 2.75) is 25.2 Å². The maximum absolute atomic E-state index is 13.5. The number of rotatable bonds is 4. The van der Waals surface area contributed by atoms with E-state index in [2.05, 4.69) is 15.1 Å². The van der Waals surface area contributed by atoms with Gasteiger partial charge in [0, 0.05) is 0 Å². The first kappa shape index (κ1) is 16.2. The molecule has 0 spiro atoms. The summed E-state index contributed by atoms with van der Waals surface area (Å²) in [6.07, 6.45) is 0.120. The summed E-state index contributed by atoms with van der Waals surface area (Å²) in [6.45, 7) is 0.483. The van der Waals surface area contributed by atoms with Crippen molar-refractivity contribution in [3.05, 3.63) is 18.2 Å². The lowest BCUT2D eigenvalue weighted by Gasteiger charge is -2.32. The summed E-state index contributed by atoms with van der Waals surface area (Å²) in [5.74, 6) is 0.155. The Hall–Kier alpha value is -1.65. The number of aromatic nitrogens is 4. The van der Waals surface area contributed by atoms with E-state index in [0.717, 1.165) is 0 Å². The van der Waals surface area contributed by atoms with E-state index in [1.807, 2.05) is 0 Å². The zero-order valence-corrected chi connectivity index (χ0v) is 13.0. The highest BCUT2D eigenvalue weighted by atomic mass is 31.2. The van der Waals surface area contributed by atoms with Gasteiger partial charge in [-0.25, -0.2) is 23.4 Å². The van der Waals surface area contributed by atoms with Crippen LogP contribution in [0.2, 0.25) is 0 Å². The van der Waals surface area contributed by atoms with Crippen LogP contribution in [0, 0.1) is 0 Å².